The molecule has 15 heavy (non-hydrogen) atoms. The van der Waals surface area contributed by atoms with Gasteiger partial charge < -0.3 is 10.1 Å². The average Bonchev–Trinajstić information content (AvgIpc) is 2.21. The summed E-state index contributed by atoms with van der Waals surface area (Å²) in [6, 6.07) is 5.53. The van der Waals surface area contributed by atoms with Gasteiger partial charge in [-0.1, -0.05) is 27.5 Å². The van der Waals surface area contributed by atoms with Gasteiger partial charge in [-0.3, -0.25) is 4.79 Å². The topological polar surface area (TPSA) is 38.3 Å². The second-order valence-corrected chi connectivity index (χ2v) is 4.20. The lowest BCUT2D eigenvalue weighted by atomic mass is 10.3. The van der Waals surface area contributed by atoms with Crippen LogP contribution in [0.25, 0.3) is 0 Å². The van der Waals surface area contributed by atoms with Crippen molar-refractivity contribution in [2.24, 2.45) is 0 Å². The number of anilines is 1. The van der Waals surface area contributed by atoms with Gasteiger partial charge in [0, 0.05) is 11.0 Å². The summed E-state index contributed by atoms with van der Waals surface area (Å²) in [5, 5.41) is 3.67. The second-order valence-electron chi connectivity index (χ2n) is 2.88. The highest BCUT2D eigenvalue weighted by atomic mass is 79.9. The summed E-state index contributed by atoms with van der Waals surface area (Å²) in [7, 11) is 1.37. The van der Waals surface area contributed by atoms with Crippen LogP contribution >= 0.6 is 27.5 Å². The number of benzene rings is 1. The van der Waals surface area contributed by atoms with Gasteiger partial charge in [0.25, 0.3) is 0 Å². The van der Waals surface area contributed by atoms with Crippen LogP contribution in [0.3, 0.4) is 0 Å². The summed E-state index contributed by atoms with van der Waals surface area (Å²) in [4.78, 5) is 10.8. The summed E-state index contributed by atoms with van der Waals surface area (Å²) in [5.74, 6) is -0.240. The predicted molar refractivity (Wildman–Crippen MR) is 64.3 cm³/mol. The Morgan fingerprint density at radius 2 is 2.33 bits per heavy atom. The fraction of sp³-hybridized carbons (Fsp3) is 0.300. The molecule has 0 radical (unpaired) electrons. The Labute approximate surface area is 102 Å². The van der Waals surface area contributed by atoms with Crippen LogP contribution in [0.4, 0.5) is 5.69 Å². The van der Waals surface area contributed by atoms with Crippen molar-refractivity contribution in [3.63, 3.8) is 0 Å². The quantitative estimate of drug-likeness (QED) is 0.867. The third-order valence-corrected chi connectivity index (χ3v) is 2.61. The SMILES string of the molecule is COC(=O)CCNc1ccc(Br)cc1Cl. The molecule has 0 bridgehead atoms. The number of hydrogen-bond donors (Lipinski definition) is 1. The molecule has 0 aliphatic rings. The van der Waals surface area contributed by atoms with E-state index in [0.717, 1.165) is 10.2 Å². The van der Waals surface area contributed by atoms with Crippen molar-refractivity contribution in [2.45, 2.75) is 6.42 Å². The van der Waals surface area contributed by atoms with Crippen LogP contribution in [0, 0.1) is 0 Å². The first kappa shape index (κ1) is 12.3. The molecule has 0 atom stereocenters. The Balaban J connectivity index is 2.47. The van der Waals surface area contributed by atoms with E-state index in [1.54, 1.807) is 6.07 Å². The van der Waals surface area contributed by atoms with Crippen LogP contribution in [-0.4, -0.2) is 19.6 Å². The summed E-state index contributed by atoms with van der Waals surface area (Å²) in [5.41, 5.74) is 0.809. The van der Waals surface area contributed by atoms with Crippen molar-refractivity contribution in [3.8, 4) is 0 Å². The molecule has 0 heterocycles. The largest absolute Gasteiger partial charge is 0.469 e. The smallest absolute Gasteiger partial charge is 0.307 e. The maximum Gasteiger partial charge on any atom is 0.307 e. The van der Waals surface area contributed by atoms with Gasteiger partial charge in [0.15, 0.2) is 0 Å². The molecule has 0 aromatic heterocycles. The lowest BCUT2D eigenvalue weighted by molar-refractivity contribution is -0.140. The zero-order valence-electron chi connectivity index (χ0n) is 8.22. The number of nitrogens with one attached hydrogen (secondary N) is 1. The van der Waals surface area contributed by atoms with E-state index >= 15 is 0 Å². The minimum absolute atomic E-state index is 0.240. The molecule has 5 heteroatoms. The molecule has 1 N–H and O–H groups in total. The van der Waals surface area contributed by atoms with E-state index in [2.05, 4.69) is 26.0 Å². The summed E-state index contributed by atoms with van der Waals surface area (Å²) in [6.45, 7) is 0.508. The van der Waals surface area contributed by atoms with Crippen LogP contribution in [0.15, 0.2) is 22.7 Å². The normalized spacial score (nSPS) is 9.80. The predicted octanol–water partition coefficient (Wildman–Crippen LogP) is 3.08. The van der Waals surface area contributed by atoms with Crippen LogP contribution < -0.4 is 5.32 Å². The number of halogens is 2. The van der Waals surface area contributed by atoms with E-state index in [9.17, 15) is 4.79 Å². The number of methoxy groups -OCH3 is 1. The number of esters is 1. The van der Waals surface area contributed by atoms with Crippen LogP contribution in [-0.2, 0) is 9.53 Å². The molecule has 0 aliphatic heterocycles. The number of rotatable bonds is 4. The first-order valence-electron chi connectivity index (χ1n) is 4.39. The molecule has 0 unspecified atom stereocenters. The molecule has 0 amide bonds. The van der Waals surface area contributed by atoms with Gasteiger partial charge in [0.05, 0.1) is 24.2 Å². The lowest BCUT2D eigenvalue weighted by Crippen LogP contribution is -2.09. The Bertz CT molecular complexity index is 357. The molecule has 3 nitrogen and oxygen atoms in total. The molecule has 1 aromatic rings. The Morgan fingerprint density at radius 3 is 2.93 bits per heavy atom. The minimum Gasteiger partial charge on any atom is -0.469 e. The maximum atomic E-state index is 10.8. The van der Waals surface area contributed by atoms with Crippen molar-refractivity contribution >= 4 is 39.2 Å². The summed E-state index contributed by atoms with van der Waals surface area (Å²) >= 11 is 9.28. The monoisotopic (exact) mass is 291 g/mol. The standard InChI is InChI=1S/C10H11BrClNO2/c1-15-10(14)4-5-13-9-3-2-7(11)6-8(9)12/h2-3,6,13H,4-5H2,1H3. The second kappa shape index (κ2) is 5.98. The van der Waals surface area contributed by atoms with E-state index in [-0.39, 0.29) is 5.97 Å². The van der Waals surface area contributed by atoms with Crippen molar-refractivity contribution in [3.05, 3.63) is 27.7 Å². The molecule has 0 fully saturated rings. The van der Waals surface area contributed by atoms with Gasteiger partial charge in [-0.2, -0.15) is 0 Å². The van der Waals surface area contributed by atoms with Gasteiger partial charge in [-0.05, 0) is 18.2 Å². The third kappa shape index (κ3) is 4.10. The fourth-order valence-corrected chi connectivity index (χ4v) is 1.77. The van der Waals surface area contributed by atoms with Gasteiger partial charge in [0.1, 0.15) is 0 Å². The maximum absolute atomic E-state index is 10.8. The minimum atomic E-state index is -0.240. The molecule has 0 spiro atoms. The molecule has 1 aromatic carbocycles. The van der Waals surface area contributed by atoms with E-state index in [1.807, 2.05) is 12.1 Å². The van der Waals surface area contributed by atoms with Crippen molar-refractivity contribution in [2.75, 3.05) is 19.0 Å². The summed E-state index contributed by atoms with van der Waals surface area (Å²) < 4.78 is 5.44. The number of carbonyl (C=O) groups excluding carboxylic acids is 1. The fourth-order valence-electron chi connectivity index (χ4n) is 1.03. The van der Waals surface area contributed by atoms with E-state index < -0.39 is 0 Å². The molecule has 0 saturated heterocycles. The first-order chi connectivity index (χ1) is 7.13. The third-order valence-electron chi connectivity index (χ3n) is 1.80. The van der Waals surface area contributed by atoms with E-state index in [0.29, 0.717) is 18.0 Å². The molecule has 1 rings (SSSR count). The highest BCUT2D eigenvalue weighted by Gasteiger charge is 2.02. The van der Waals surface area contributed by atoms with Crippen LogP contribution in [0.2, 0.25) is 5.02 Å². The van der Waals surface area contributed by atoms with E-state index in [4.69, 9.17) is 11.6 Å². The molecule has 0 saturated carbocycles. The Morgan fingerprint density at radius 1 is 1.60 bits per heavy atom. The van der Waals surface area contributed by atoms with E-state index in [1.165, 1.54) is 7.11 Å². The van der Waals surface area contributed by atoms with Crippen molar-refractivity contribution < 1.29 is 9.53 Å². The highest BCUT2D eigenvalue weighted by molar-refractivity contribution is 9.10. The number of ether oxygens (including phenoxy) is 1. The van der Waals surface area contributed by atoms with Gasteiger partial charge >= 0.3 is 5.97 Å². The Hall–Kier alpha value is -0.740. The average molecular weight is 293 g/mol. The first-order valence-corrected chi connectivity index (χ1v) is 5.56. The highest BCUT2D eigenvalue weighted by Crippen LogP contribution is 2.25. The van der Waals surface area contributed by atoms with Crippen molar-refractivity contribution in [1.82, 2.24) is 0 Å². The zero-order chi connectivity index (χ0) is 11.3. The molecular weight excluding hydrogens is 281 g/mol. The number of carbonyl (C=O) groups is 1. The molecular formula is C10H11BrClNO2. The van der Waals surface area contributed by atoms with Crippen LogP contribution in [0.5, 0.6) is 0 Å². The van der Waals surface area contributed by atoms with Gasteiger partial charge in [-0.25, -0.2) is 0 Å². The Kier molecular flexibility index (Phi) is 4.91. The van der Waals surface area contributed by atoms with Crippen LogP contribution in [0.1, 0.15) is 6.42 Å². The van der Waals surface area contributed by atoms with Gasteiger partial charge in [0.2, 0.25) is 0 Å². The zero-order valence-corrected chi connectivity index (χ0v) is 10.6. The molecule has 82 valence electrons. The van der Waals surface area contributed by atoms with Gasteiger partial charge in [-0.15, -0.1) is 0 Å². The number of hydrogen-bond acceptors (Lipinski definition) is 3. The molecule has 0 aliphatic carbocycles. The lowest BCUT2D eigenvalue weighted by Gasteiger charge is -2.07. The summed E-state index contributed by atoms with van der Waals surface area (Å²) in [6.07, 6.45) is 0.322. The van der Waals surface area contributed by atoms with Crippen molar-refractivity contribution in [1.29, 1.82) is 0 Å².